The normalized spacial score (nSPS) is 14.4. The Morgan fingerprint density at radius 3 is 2.61 bits per heavy atom. The molecule has 0 fully saturated rings. The van der Waals surface area contributed by atoms with E-state index in [1.165, 1.54) is 18.4 Å². The summed E-state index contributed by atoms with van der Waals surface area (Å²) in [7, 11) is 0. The lowest BCUT2D eigenvalue weighted by molar-refractivity contribution is 0.246. The van der Waals surface area contributed by atoms with Gasteiger partial charge >= 0.3 is 0 Å². The van der Waals surface area contributed by atoms with Crippen molar-refractivity contribution >= 4 is 15.9 Å². The van der Waals surface area contributed by atoms with Crippen LogP contribution in [0.25, 0.3) is 0 Å². The van der Waals surface area contributed by atoms with Gasteiger partial charge in [-0.3, -0.25) is 0 Å². The zero-order chi connectivity index (χ0) is 13.4. The zero-order valence-corrected chi connectivity index (χ0v) is 12.9. The van der Waals surface area contributed by atoms with Crippen molar-refractivity contribution in [2.75, 3.05) is 13.2 Å². The third-order valence-corrected chi connectivity index (χ3v) is 4.04. The summed E-state index contributed by atoms with van der Waals surface area (Å²) in [6, 6.07) is 8.65. The van der Waals surface area contributed by atoms with Gasteiger partial charge in [0.05, 0.1) is 0 Å². The topological polar surface area (TPSA) is 32.3 Å². The van der Waals surface area contributed by atoms with Crippen molar-refractivity contribution in [2.24, 2.45) is 5.92 Å². The summed E-state index contributed by atoms with van der Waals surface area (Å²) in [5.41, 5.74) is 1.29. The minimum absolute atomic E-state index is 0.287. The molecular weight excluding hydrogens is 290 g/mol. The zero-order valence-electron chi connectivity index (χ0n) is 11.3. The van der Waals surface area contributed by atoms with Crippen LogP contribution in [0.5, 0.6) is 0 Å². The van der Waals surface area contributed by atoms with Crippen molar-refractivity contribution in [1.82, 2.24) is 5.32 Å². The maximum absolute atomic E-state index is 9.05. The predicted octanol–water partition coefficient (Wildman–Crippen LogP) is 3.90. The average molecular weight is 314 g/mol. The molecule has 18 heavy (non-hydrogen) atoms. The highest BCUT2D eigenvalue weighted by atomic mass is 79.9. The standard InChI is InChI=1S/C15H24BrNO/c1-3-6-13(9-10-18)11-17-12(2)14-7-4-5-8-15(14)16/h4-5,7-8,12-13,17-18H,3,6,9-11H2,1-2H3. The van der Waals surface area contributed by atoms with E-state index in [0.29, 0.717) is 12.0 Å². The Bertz CT molecular complexity index is 337. The van der Waals surface area contributed by atoms with Crippen molar-refractivity contribution in [3.8, 4) is 0 Å². The number of aliphatic hydroxyl groups is 1. The van der Waals surface area contributed by atoms with Crippen LogP contribution in [0.2, 0.25) is 0 Å². The van der Waals surface area contributed by atoms with Crippen molar-refractivity contribution in [3.63, 3.8) is 0 Å². The lowest BCUT2D eigenvalue weighted by atomic mass is 9.99. The van der Waals surface area contributed by atoms with E-state index >= 15 is 0 Å². The Kier molecular flexibility index (Phi) is 7.56. The van der Waals surface area contributed by atoms with Gasteiger partial charge in [-0.1, -0.05) is 47.5 Å². The first kappa shape index (κ1) is 15.7. The van der Waals surface area contributed by atoms with E-state index in [2.05, 4.69) is 53.3 Å². The van der Waals surface area contributed by atoms with Crippen LogP contribution in [-0.2, 0) is 0 Å². The monoisotopic (exact) mass is 313 g/mol. The SMILES string of the molecule is CCCC(CCO)CNC(C)c1ccccc1Br. The van der Waals surface area contributed by atoms with Gasteiger partial charge < -0.3 is 10.4 Å². The lowest BCUT2D eigenvalue weighted by Crippen LogP contribution is -2.26. The lowest BCUT2D eigenvalue weighted by Gasteiger charge is -2.21. The van der Waals surface area contributed by atoms with Crippen LogP contribution in [0.1, 0.15) is 44.7 Å². The second kappa shape index (κ2) is 8.68. The highest BCUT2D eigenvalue weighted by Gasteiger charge is 2.12. The quantitative estimate of drug-likeness (QED) is 0.763. The highest BCUT2D eigenvalue weighted by molar-refractivity contribution is 9.10. The summed E-state index contributed by atoms with van der Waals surface area (Å²) in [5.74, 6) is 0.574. The molecule has 0 saturated carbocycles. The molecule has 0 heterocycles. The molecule has 0 aliphatic rings. The van der Waals surface area contributed by atoms with Gasteiger partial charge in [-0.05, 0) is 43.9 Å². The molecule has 2 N–H and O–H groups in total. The van der Waals surface area contributed by atoms with E-state index in [4.69, 9.17) is 5.11 Å². The maximum Gasteiger partial charge on any atom is 0.0434 e. The van der Waals surface area contributed by atoms with E-state index in [0.717, 1.165) is 17.4 Å². The molecule has 0 amide bonds. The van der Waals surface area contributed by atoms with Gasteiger partial charge in [-0.2, -0.15) is 0 Å². The van der Waals surface area contributed by atoms with Crippen LogP contribution in [0, 0.1) is 5.92 Å². The van der Waals surface area contributed by atoms with E-state index in [-0.39, 0.29) is 6.61 Å². The molecule has 0 radical (unpaired) electrons. The van der Waals surface area contributed by atoms with E-state index < -0.39 is 0 Å². The average Bonchev–Trinajstić information content (AvgIpc) is 2.36. The number of benzene rings is 1. The second-order valence-electron chi connectivity index (χ2n) is 4.82. The first-order valence-corrected chi connectivity index (χ1v) is 7.57. The molecule has 2 atom stereocenters. The first-order valence-electron chi connectivity index (χ1n) is 6.77. The molecule has 2 nitrogen and oxygen atoms in total. The number of aliphatic hydroxyl groups excluding tert-OH is 1. The fourth-order valence-electron chi connectivity index (χ4n) is 2.22. The molecule has 2 unspecified atom stereocenters. The van der Waals surface area contributed by atoms with E-state index in [9.17, 15) is 0 Å². The summed E-state index contributed by atoms with van der Waals surface area (Å²) in [6.07, 6.45) is 3.25. The van der Waals surface area contributed by atoms with Gasteiger partial charge in [0.15, 0.2) is 0 Å². The summed E-state index contributed by atoms with van der Waals surface area (Å²) >= 11 is 3.59. The molecular formula is C15H24BrNO. The molecule has 0 bridgehead atoms. The summed E-state index contributed by atoms with van der Waals surface area (Å²) in [5, 5.41) is 12.6. The minimum atomic E-state index is 0.287. The molecule has 3 heteroatoms. The summed E-state index contributed by atoms with van der Waals surface area (Å²) < 4.78 is 1.15. The number of hydrogen-bond acceptors (Lipinski definition) is 2. The Morgan fingerprint density at radius 1 is 1.28 bits per heavy atom. The van der Waals surface area contributed by atoms with Crippen LogP contribution in [-0.4, -0.2) is 18.3 Å². The fourth-order valence-corrected chi connectivity index (χ4v) is 2.85. The van der Waals surface area contributed by atoms with Gasteiger partial charge in [0.2, 0.25) is 0 Å². The molecule has 1 aromatic rings. The number of nitrogens with one attached hydrogen (secondary N) is 1. The smallest absolute Gasteiger partial charge is 0.0434 e. The molecule has 0 aromatic heterocycles. The van der Waals surface area contributed by atoms with Crippen LogP contribution in [0.3, 0.4) is 0 Å². The Hall–Kier alpha value is -0.380. The molecule has 102 valence electrons. The van der Waals surface area contributed by atoms with Crippen LogP contribution >= 0.6 is 15.9 Å². The van der Waals surface area contributed by atoms with Crippen molar-refractivity contribution in [2.45, 2.75) is 39.2 Å². The summed E-state index contributed by atoms with van der Waals surface area (Å²) in [6.45, 7) is 5.64. The highest BCUT2D eigenvalue weighted by Crippen LogP contribution is 2.23. The molecule has 1 rings (SSSR count). The Balaban J connectivity index is 2.49. The van der Waals surface area contributed by atoms with E-state index in [1.807, 2.05) is 6.07 Å². The van der Waals surface area contributed by atoms with Gasteiger partial charge in [0.1, 0.15) is 0 Å². The van der Waals surface area contributed by atoms with Crippen molar-refractivity contribution < 1.29 is 5.11 Å². The second-order valence-corrected chi connectivity index (χ2v) is 5.67. The van der Waals surface area contributed by atoms with Gasteiger partial charge in [-0.15, -0.1) is 0 Å². The summed E-state index contributed by atoms with van der Waals surface area (Å²) in [4.78, 5) is 0. The minimum Gasteiger partial charge on any atom is -0.396 e. The molecule has 0 spiro atoms. The fraction of sp³-hybridized carbons (Fsp3) is 0.600. The van der Waals surface area contributed by atoms with Crippen LogP contribution in [0.4, 0.5) is 0 Å². The first-order chi connectivity index (χ1) is 8.69. The van der Waals surface area contributed by atoms with Crippen LogP contribution < -0.4 is 5.32 Å². The van der Waals surface area contributed by atoms with Gasteiger partial charge in [0.25, 0.3) is 0 Å². The third-order valence-electron chi connectivity index (χ3n) is 3.32. The Morgan fingerprint density at radius 2 is 2.00 bits per heavy atom. The third kappa shape index (κ3) is 5.09. The van der Waals surface area contributed by atoms with E-state index in [1.54, 1.807) is 0 Å². The number of halogens is 1. The molecule has 0 aliphatic carbocycles. The number of rotatable bonds is 8. The molecule has 1 aromatic carbocycles. The maximum atomic E-state index is 9.05. The van der Waals surface area contributed by atoms with Crippen molar-refractivity contribution in [1.29, 1.82) is 0 Å². The van der Waals surface area contributed by atoms with Crippen molar-refractivity contribution in [3.05, 3.63) is 34.3 Å². The predicted molar refractivity (Wildman–Crippen MR) is 80.7 cm³/mol. The largest absolute Gasteiger partial charge is 0.396 e. The number of hydrogen-bond donors (Lipinski definition) is 2. The van der Waals surface area contributed by atoms with Gasteiger partial charge in [-0.25, -0.2) is 0 Å². The van der Waals surface area contributed by atoms with Gasteiger partial charge in [0, 0.05) is 17.1 Å². The Labute approximate surface area is 119 Å². The molecule has 0 saturated heterocycles. The van der Waals surface area contributed by atoms with Crippen LogP contribution in [0.15, 0.2) is 28.7 Å². The molecule has 0 aliphatic heterocycles.